The average molecular weight is 324 g/mol. The lowest BCUT2D eigenvalue weighted by molar-refractivity contribution is 0.287. The van der Waals surface area contributed by atoms with E-state index >= 15 is 0 Å². The van der Waals surface area contributed by atoms with Crippen LogP contribution in [0.15, 0.2) is 53.0 Å². The molecular weight excluding hydrogens is 309 g/mol. The van der Waals surface area contributed by atoms with Crippen LogP contribution in [-0.4, -0.2) is 18.3 Å². The Hall–Kier alpha value is -1.23. The first-order valence-corrected chi connectivity index (χ1v) is 6.86. The molecule has 0 aromatic heterocycles. The summed E-state index contributed by atoms with van der Waals surface area (Å²) in [4.78, 5) is 0. The molecule has 2 aromatic carbocycles. The second kappa shape index (κ2) is 6.80. The minimum absolute atomic E-state index is 0.0154. The van der Waals surface area contributed by atoms with E-state index in [4.69, 9.17) is 5.11 Å². The fourth-order valence-corrected chi connectivity index (χ4v) is 2.25. The van der Waals surface area contributed by atoms with E-state index in [9.17, 15) is 4.39 Å². The third-order valence-electron chi connectivity index (χ3n) is 2.88. The molecule has 2 nitrogen and oxygen atoms in total. The SMILES string of the molecule is OCCNC(c1ccc(Br)cc1)c1ccccc1F. The Morgan fingerprint density at radius 3 is 2.42 bits per heavy atom. The highest BCUT2D eigenvalue weighted by atomic mass is 79.9. The molecule has 0 aliphatic heterocycles. The van der Waals surface area contributed by atoms with E-state index in [1.807, 2.05) is 30.3 Å². The van der Waals surface area contributed by atoms with Gasteiger partial charge in [-0.15, -0.1) is 0 Å². The first kappa shape index (κ1) is 14.2. The van der Waals surface area contributed by atoms with Crippen LogP contribution < -0.4 is 5.32 Å². The molecule has 0 heterocycles. The Labute approximate surface area is 120 Å². The third kappa shape index (κ3) is 3.62. The maximum Gasteiger partial charge on any atom is 0.128 e. The minimum atomic E-state index is -0.263. The normalized spacial score (nSPS) is 12.4. The van der Waals surface area contributed by atoms with Gasteiger partial charge in [-0.1, -0.05) is 46.3 Å². The Balaban J connectivity index is 2.35. The molecule has 0 saturated heterocycles. The van der Waals surface area contributed by atoms with Crippen LogP contribution in [0.5, 0.6) is 0 Å². The van der Waals surface area contributed by atoms with Crippen LogP contribution in [0.4, 0.5) is 4.39 Å². The molecule has 1 unspecified atom stereocenters. The van der Waals surface area contributed by atoms with Crippen LogP contribution in [-0.2, 0) is 0 Å². The lowest BCUT2D eigenvalue weighted by atomic mass is 9.98. The predicted molar refractivity (Wildman–Crippen MR) is 77.5 cm³/mol. The summed E-state index contributed by atoms with van der Waals surface area (Å²) in [5, 5.41) is 12.1. The zero-order valence-electron chi connectivity index (χ0n) is 10.3. The molecule has 0 saturated carbocycles. The Morgan fingerprint density at radius 1 is 1.11 bits per heavy atom. The molecule has 4 heteroatoms. The Kier molecular flexibility index (Phi) is 5.07. The fraction of sp³-hybridized carbons (Fsp3) is 0.200. The Bertz CT molecular complexity index is 530. The molecule has 100 valence electrons. The summed E-state index contributed by atoms with van der Waals surface area (Å²) in [6.45, 7) is 0.427. The smallest absolute Gasteiger partial charge is 0.128 e. The summed E-state index contributed by atoms with van der Waals surface area (Å²) in [5.74, 6) is -0.249. The van der Waals surface area contributed by atoms with E-state index in [2.05, 4.69) is 21.2 Å². The van der Waals surface area contributed by atoms with Gasteiger partial charge >= 0.3 is 0 Å². The second-order valence-corrected chi connectivity index (χ2v) is 5.10. The minimum Gasteiger partial charge on any atom is -0.395 e. The first-order valence-electron chi connectivity index (χ1n) is 6.06. The van der Waals surface area contributed by atoms with Crippen molar-refractivity contribution in [1.29, 1.82) is 0 Å². The molecule has 0 bridgehead atoms. The standard InChI is InChI=1S/C15H15BrFNO/c16-12-7-5-11(6-8-12)15(18-9-10-19)13-3-1-2-4-14(13)17/h1-8,15,18-19H,9-10H2. The molecule has 2 aromatic rings. The molecule has 0 spiro atoms. The molecule has 1 atom stereocenters. The van der Waals surface area contributed by atoms with Crippen LogP contribution >= 0.6 is 15.9 Å². The highest BCUT2D eigenvalue weighted by Crippen LogP contribution is 2.25. The number of hydrogen-bond acceptors (Lipinski definition) is 2. The number of aliphatic hydroxyl groups excluding tert-OH is 1. The van der Waals surface area contributed by atoms with Crippen molar-refractivity contribution in [3.05, 3.63) is 69.9 Å². The molecule has 0 fully saturated rings. The van der Waals surface area contributed by atoms with Gasteiger partial charge in [0.1, 0.15) is 5.82 Å². The molecule has 2 rings (SSSR count). The lowest BCUT2D eigenvalue weighted by Crippen LogP contribution is -2.26. The van der Waals surface area contributed by atoms with E-state index in [1.165, 1.54) is 6.07 Å². The lowest BCUT2D eigenvalue weighted by Gasteiger charge is -2.20. The van der Waals surface area contributed by atoms with Crippen molar-refractivity contribution >= 4 is 15.9 Å². The van der Waals surface area contributed by atoms with Crippen molar-refractivity contribution in [1.82, 2.24) is 5.32 Å². The van der Waals surface area contributed by atoms with E-state index < -0.39 is 0 Å². The number of aliphatic hydroxyl groups is 1. The van der Waals surface area contributed by atoms with Gasteiger partial charge in [-0.05, 0) is 23.8 Å². The van der Waals surface area contributed by atoms with Gasteiger partial charge in [-0.25, -0.2) is 4.39 Å². The number of nitrogens with one attached hydrogen (secondary N) is 1. The highest BCUT2D eigenvalue weighted by molar-refractivity contribution is 9.10. The molecule has 0 amide bonds. The van der Waals surface area contributed by atoms with Gasteiger partial charge in [-0.2, -0.15) is 0 Å². The van der Waals surface area contributed by atoms with Crippen LogP contribution in [0.25, 0.3) is 0 Å². The highest BCUT2D eigenvalue weighted by Gasteiger charge is 2.16. The number of rotatable bonds is 5. The Morgan fingerprint density at radius 2 is 1.79 bits per heavy atom. The fourth-order valence-electron chi connectivity index (χ4n) is 1.98. The van der Waals surface area contributed by atoms with Gasteiger partial charge in [-0.3, -0.25) is 0 Å². The monoisotopic (exact) mass is 323 g/mol. The summed E-state index contributed by atoms with van der Waals surface area (Å²) in [5.41, 5.74) is 1.54. The maximum absolute atomic E-state index is 13.9. The molecule has 0 aliphatic rings. The van der Waals surface area contributed by atoms with Crippen molar-refractivity contribution < 1.29 is 9.50 Å². The van der Waals surface area contributed by atoms with Gasteiger partial charge in [0.2, 0.25) is 0 Å². The van der Waals surface area contributed by atoms with E-state index in [-0.39, 0.29) is 18.5 Å². The quantitative estimate of drug-likeness (QED) is 0.885. The van der Waals surface area contributed by atoms with E-state index in [0.29, 0.717) is 12.1 Å². The van der Waals surface area contributed by atoms with Crippen molar-refractivity contribution in [2.24, 2.45) is 0 Å². The van der Waals surface area contributed by atoms with Gasteiger partial charge in [0, 0.05) is 16.6 Å². The maximum atomic E-state index is 13.9. The first-order chi connectivity index (χ1) is 9.22. The van der Waals surface area contributed by atoms with Gasteiger partial charge in [0.15, 0.2) is 0 Å². The van der Waals surface area contributed by atoms with Crippen LogP contribution in [0, 0.1) is 5.82 Å². The summed E-state index contributed by atoms with van der Waals surface area (Å²) < 4.78 is 14.9. The number of hydrogen-bond donors (Lipinski definition) is 2. The predicted octanol–water partition coefficient (Wildman–Crippen LogP) is 3.26. The average Bonchev–Trinajstić information content (AvgIpc) is 2.43. The van der Waals surface area contributed by atoms with Crippen molar-refractivity contribution in [3.63, 3.8) is 0 Å². The number of halogens is 2. The van der Waals surface area contributed by atoms with Crippen molar-refractivity contribution in [2.75, 3.05) is 13.2 Å². The molecular formula is C15H15BrFNO. The van der Waals surface area contributed by atoms with Crippen LogP contribution in [0.1, 0.15) is 17.2 Å². The molecule has 2 N–H and O–H groups in total. The summed E-state index contributed by atoms with van der Waals surface area (Å²) >= 11 is 3.38. The topological polar surface area (TPSA) is 32.3 Å². The van der Waals surface area contributed by atoms with Gasteiger partial charge in [0.05, 0.1) is 12.6 Å². The third-order valence-corrected chi connectivity index (χ3v) is 3.41. The van der Waals surface area contributed by atoms with E-state index in [0.717, 1.165) is 10.0 Å². The summed E-state index contributed by atoms with van der Waals surface area (Å²) in [6.07, 6.45) is 0. The van der Waals surface area contributed by atoms with Gasteiger partial charge in [0.25, 0.3) is 0 Å². The van der Waals surface area contributed by atoms with Crippen molar-refractivity contribution in [3.8, 4) is 0 Å². The molecule has 19 heavy (non-hydrogen) atoms. The summed E-state index contributed by atoms with van der Waals surface area (Å²) in [6, 6.07) is 14.1. The number of benzene rings is 2. The van der Waals surface area contributed by atoms with E-state index in [1.54, 1.807) is 12.1 Å². The van der Waals surface area contributed by atoms with Crippen molar-refractivity contribution in [2.45, 2.75) is 6.04 Å². The van der Waals surface area contributed by atoms with Crippen LogP contribution in [0.3, 0.4) is 0 Å². The summed E-state index contributed by atoms with van der Waals surface area (Å²) in [7, 11) is 0. The second-order valence-electron chi connectivity index (χ2n) is 4.18. The van der Waals surface area contributed by atoms with Gasteiger partial charge < -0.3 is 10.4 Å². The molecule has 0 radical (unpaired) electrons. The van der Waals surface area contributed by atoms with Crippen LogP contribution in [0.2, 0.25) is 0 Å². The zero-order chi connectivity index (χ0) is 13.7. The molecule has 0 aliphatic carbocycles. The largest absolute Gasteiger partial charge is 0.395 e. The zero-order valence-corrected chi connectivity index (χ0v) is 11.9.